The van der Waals surface area contributed by atoms with E-state index in [0.29, 0.717) is 5.56 Å². The minimum absolute atomic E-state index is 0.0372. The van der Waals surface area contributed by atoms with Crippen LogP contribution in [0.3, 0.4) is 0 Å². The maximum atomic E-state index is 13.3. The first kappa shape index (κ1) is 15.0. The molecule has 0 N–H and O–H groups in total. The molecule has 0 saturated heterocycles. The number of amides is 1. The largest absolute Gasteiger partial charge is 0.291 e. The molecule has 4 rings (SSSR count). The summed E-state index contributed by atoms with van der Waals surface area (Å²) in [6.45, 7) is 0. The number of para-hydroxylation sites is 1. The van der Waals surface area contributed by atoms with E-state index in [0.717, 1.165) is 16.1 Å². The first-order valence-electron chi connectivity index (χ1n) is 7.64. The van der Waals surface area contributed by atoms with Gasteiger partial charge in [0.2, 0.25) is 0 Å². The summed E-state index contributed by atoms with van der Waals surface area (Å²) in [6, 6.07) is 23.5. The summed E-state index contributed by atoms with van der Waals surface area (Å²) < 4.78 is 13.3. The monoisotopic (exact) mass is 335 g/mol. The van der Waals surface area contributed by atoms with Crippen LogP contribution in [-0.2, 0) is 0 Å². The number of anilines is 1. The topological polar surface area (TPSA) is 20.3 Å². The Morgan fingerprint density at radius 2 is 1.50 bits per heavy atom. The molecule has 1 heterocycles. The molecule has 1 aliphatic rings. The van der Waals surface area contributed by atoms with E-state index in [-0.39, 0.29) is 17.1 Å². The summed E-state index contributed by atoms with van der Waals surface area (Å²) in [5.74, 6) is -0.317. The molecule has 1 amide bonds. The normalized spacial score (nSPS) is 16.8. The molecule has 24 heavy (non-hydrogen) atoms. The number of carbonyl (C=O) groups excluding carboxylic acids is 1. The molecule has 0 saturated carbocycles. The van der Waals surface area contributed by atoms with Crippen molar-refractivity contribution < 1.29 is 9.18 Å². The van der Waals surface area contributed by atoms with Gasteiger partial charge in [-0.25, -0.2) is 4.39 Å². The molecule has 4 heteroatoms. The molecule has 1 unspecified atom stereocenters. The highest BCUT2D eigenvalue weighted by Gasteiger charge is 2.34. The number of nitrogens with zero attached hydrogens (tertiary/aromatic N) is 1. The van der Waals surface area contributed by atoms with Crippen LogP contribution in [0.25, 0.3) is 0 Å². The summed E-state index contributed by atoms with van der Waals surface area (Å²) in [6.07, 6.45) is 0. The number of carbonyl (C=O) groups is 1. The number of hydrogen-bond acceptors (Lipinski definition) is 2. The SMILES string of the molecule is O=C1c2ccccc2SC(c2ccc(F)cc2)N1c1ccccc1. The second-order valence-electron chi connectivity index (χ2n) is 5.53. The lowest BCUT2D eigenvalue weighted by Gasteiger charge is -2.36. The minimum atomic E-state index is -0.280. The molecule has 0 radical (unpaired) electrons. The van der Waals surface area contributed by atoms with Gasteiger partial charge in [0.15, 0.2) is 0 Å². The lowest BCUT2D eigenvalue weighted by molar-refractivity contribution is 0.0979. The first-order chi connectivity index (χ1) is 11.7. The van der Waals surface area contributed by atoms with E-state index < -0.39 is 0 Å². The number of hydrogen-bond donors (Lipinski definition) is 0. The van der Waals surface area contributed by atoms with E-state index in [2.05, 4.69) is 0 Å². The molecular formula is C20H14FNOS. The third kappa shape index (κ3) is 2.59. The third-order valence-corrected chi connectivity index (χ3v) is 5.32. The van der Waals surface area contributed by atoms with Crippen LogP contribution in [0.5, 0.6) is 0 Å². The van der Waals surface area contributed by atoms with Crippen molar-refractivity contribution in [2.45, 2.75) is 10.3 Å². The summed E-state index contributed by atoms with van der Waals surface area (Å²) in [5.41, 5.74) is 2.43. The fourth-order valence-electron chi connectivity index (χ4n) is 2.84. The van der Waals surface area contributed by atoms with Crippen LogP contribution >= 0.6 is 11.8 Å². The Bertz CT molecular complexity index is 880. The van der Waals surface area contributed by atoms with Gasteiger partial charge in [-0.05, 0) is 42.0 Å². The van der Waals surface area contributed by atoms with Gasteiger partial charge in [-0.2, -0.15) is 0 Å². The second-order valence-corrected chi connectivity index (χ2v) is 6.65. The average molecular weight is 335 g/mol. The number of fused-ring (bicyclic) bond motifs is 1. The highest BCUT2D eigenvalue weighted by Crippen LogP contribution is 2.46. The zero-order valence-electron chi connectivity index (χ0n) is 12.7. The van der Waals surface area contributed by atoms with Gasteiger partial charge in [0.25, 0.3) is 5.91 Å². The van der Waals surface area contributed by atoms with Crippen LogP contribution in [0.1, 0.15) is 21.3 Å². The van der Waals surface area contributed by atoms with Gasteiger partial charge in [0.1, 0.15) is 11.2 Å². The Labute approximate surface area is 143 Å². The minimum Gasteiger partial charge on any atom is -0.291 e. The molecule has 0 spiro atoms. The van der Waals surface area contributed by atoms with Crippen molar-refractivity contribution in [3.63, 3.8) is 0 Å². The van der Waals surface area contributed by atoms with Crippen molar-refractivity contribution in [3.05, 3.63) is 95.8 Å². The van der Waals surface area contributed by atoms with Crippen molar-refractivity contribution in [2.75, 3.05) is 4.90 Å². The molecule has 1 atom stereocenters. The van der Waals surface area contributed by atoms with Gasteiger partial charge in [-0.15, -0.1) is 0 Å². The van der Waals surface area contributed by atoms with Crippen molar-refractivity contribution in [1.29, 1.82) is 0 Å². The highest BCUT2D eigenvalue weighted by atomic mass is 32.2. The zero-order chi connectivity index (χ0) is 16.5. The van der Waals surface area contributed by atoms with E-state index in [1.165, 1.54) is 12.1 Å². The molecular weight excluding hydrogens is 321 g/mol. The van der Waals surface area contributed by atoms with Gasteiger partial charge in [0.05, 0.1) is 5.56 Å². The first-order valence-corrected chi connectivity index (χ1v) is 8.52. The Hall–Kier alpha value is -2.59. The molecule has 3 aromatic carbocycles. The number of halogens is 1. The van der Waals surface area contributed by atoms with Crippen molar-refractivity contribution in [1.82, 2.24) is 0 Å². The van der Waals surface area contributed by atoms with Crippen LogP contribution in [0, 0.1) is 5.82 Å². The number of rotatable bonds is 2. The average Bonchev–Trinajstić information content (AvgIpc) is 2.63. The van der Waals surface area contributed by atoms with Crippen LogP contribution in [0.2, 0.25) is 0 Å². The fourth-order valence-corrected chi connectivity index (χ4v) is 4.14. The second kappa shape index (κ2) is 6.13. The Balaban J connectivity index is 1.86. The zero-order valence-corrected chi connectivity index (χ0v) is 13.5. The Morgan fingerprint density at radius 3 is 2.25 bits per heavy atom. The highest BCUT2D eigenvalue weighted by molar-refractivity contribution is 7.99. The van der Waals surface area contributed by atoms with Crippen molar-refractivity contribution >= 4 is 23.4 Å². The standard InChI is InChI=1S/C20H14FNOS/c21-15-12-10-14(11-13-15)20-22(16-6-2-1-3-7-16)19(23)17-8-4-5-9-18(17)24-20/h1-13,20H. The van der Waals surface area contributed by atoms with E-state index in [1.54, 1.807) is 28.8 Å². The lowest BCUT2D eigenvalue weighted by atomic mass is 10.1. The molecule has 0 aromatic heterocycles. The van der Waals surface area contributed by atoms with E-state index in [4.69, 9.17) is 0 Å². The van der Waals surface area contributed by atoms with E-state index >= 15 is 0 Å². The number of thioether (sulfide) groups is 1. The molecule has 1 aliphatic heterocycles. The van der Waals surface area contributed by atoms with Crippen LogP contribution in [-0.4, -0.2) is 5.91 Å². The Kier molecular flexibility index (Phi) is 3.82. The molecule has 0 aliphatic carbocycles. The maximum Gasteiger partial charge on any atom is 0.260 e. The van der Waals surface area contributed by atoms with Gasteiger partial charge in [-0.1, -0.05) is 54.2 Å². The third-order valence-electron chi connectivity index (χ3n) is 4.00. The maximum absolute atomic E-state index is 13.3. The molecule has 0 bridgehead atoms. The van der Waals surface area contributed by atoms with Crippen LogP contribution in [0.4, 0.5) is 10.1 Å². The van der Waals surface area contributed by atoms with Gasteiger partial charge < -0.3 is 0 Å². The van der Waals surface area contributed by atoms with E-state index in [9.17, 15) is 9.18 Å². The predicted octanol–water partition coefficient (Wildman–Crippen LogP) is 5.28. The van der Waals surface area contributed by atoms with Crippen LogP contribution in [0.15, 0.2) is 83.8 Å². The number of benzene rings is 3. The molecule has 118 valence electrons. The quantitative estimate of drug-likeness (QED) is 0.635. The van der Waals surface area contributed by atoms with Gasteiger partial charge in [0, 0.05) is 10.6 Å². The predicted molar refractivity (Wildman–Crippen MR) is 94.7 cm³/mol. The smallest absolute Gasteiger partial charge is 0.260 e. The molecule has 2 nitrogen and oxygen atoms in total. The summed E-state index contributed by atoms with van der Waals surface area (Å²) in [4.78, 5) is 15.8. The molecule has 3 aromatic rings. The fraction of sp³-hybridized carbons (Fsp3) is 0.0500. The van der Waals surface area contributed by atoms with Gasteiger partial charge >= 0.3 is 0 Å². The summed E-state index contributed by atoms with van der Waals surface area (Å²) in [7, 11) is 0. The lowest BCUT2D eigenvalue weighted by Crippen LogP contribution is -2.36. The van der Waals surface area contributed by atoms with Crippen LogP contribution < -0.4 is 4.90 Å². The van der Waals surface area contributed by atoms with Crippen molar-refractivity contribution in [3.8, 4) is 0 Å². The summed E-state index contributed by atoms with van der Waals surface area (Å²) >= 11 is 1.61. The molecule has 0 fully saturated rings. The van der Waals surface area contributed by atoms with E-state index in [1.807, 2.05) is 54.6 Å². The Morgan fingerprint density at radius 1 is 0.833 bits per heavy atom. The van der Waals surface area contributed by atoms with Gasteiger partial charge in [-0.3, -0.25) is 9.69 Å². The van der Waals surface area contributed by atoms with Crippen molar-refractivity contribution in [2.24, 2.45) is 0 Å². The summed E-state index contributed by atoms with van der Waals surface area (Å²) in [5, 5.41) is -0.226.